The number of carbonyl (C=O) groups excluding carboxylic acids is 2. The number of methoxy groups -OCH3 is 2. The van der Waals surface area contributed by atoms with Gasteiger partial charge in [0.25, 0.3) is 5.69 Å². The van der Waals surface area contributed by atoms with Gasteiger partial charge >= 0.3 is 11.9 Å². The highest BCUT2D eigenvalue weighted by Gasteiger charge is 2.26. The molecule has 0 amide bonds. The summed E-state index contributed by atoms with van der Waals surface area (Å²) in [5, 5.41) is 11.3. The lowest BCUT2D eigenvalue weighted by atomic mass is 10.1. The third kappa shape index (κ3) is 4.40. The number of hydrogen-bond acceptors (Lipinski definition) is 9. The number of esters is 2. The maximum Gasteiger partial charge on any atom is 0.345 e. The summed E-state index contributed by atoms with van der Waals surface area (Å²) in [4.78, 5) is 34.6. The van der Waals surface area contributed by atoms with Gasteiger partial charge in [0.1, 0.15) is 29.3 Å². The summed E-state index contributed by atoms with van der Waals surface area (Å²) in [5.74, 6) is -0.773. The van der Waals surface area contributed by atoms with E-state index in [4.69, 9.17) is 18.6 Å². The minimum Gasteiger partial charge on any atom is -0.493 e. The molecule has 150 valence electrons. The lowest BCUT2D eigenvalue weighted by molar-refractivity contribution is -0.385. The van der Waals surface area contributed by atoms with Crippen molar-refractivity contribution in [3.63, 3.8) is 0 Å². The first-order valence-electron chi connectivity index (χ1n) is 8.16. The fraction of sp³-hybridized carbons (Fsp3) is 0.333. The molecule has 2 rings (SSSR count). The predicted molar refractivity (Wildman–Crippen MR) is 94.7 cm³/mol. The van der Waals surface area contributed by atoms with Gasteiger partial charge in [-0.05, 0) is 19.9 Å². The standard InChI is InChI=1S/C18H19NO9/c1-5-26-16-8-14(19(22)23)13(7-15(16)24-3)18(21)27-9-11-6-12(10(2)28-11)17(20)25-4/h6-8H,5,9H2,1-4H3. The van der Waals surface area contributed by atoms with Crippen LogP contribution < -0.4 is 9.47 Å². The minimum atomic E-state index is -0.957. The maximum atomic E-state index is 12.4. The molecule has 10 heteroatoms. The first-order chi connectivity index (χ1) is 13.3. The number of nitrogens with zero attached hydrogens (tertiary/aromatic N) is 1. The van der Waals surface area contributed by atoms with Gasteiger partial charge in [-0.3, -0.25) is 10.1 Å². The first kappa shape index (κ1) is 20.7. The van der Waals surface area contributed by atoms with Gasteiger partial charge in [-0.25, -0.2) is 9.59 Å². The molecule has 0 aliphatic heterocycles. The van der Waals surface area contributed by atoms with E-state index >= 15 is 0 Å². The summed E-state index contributed by atoms with van der Waals surface area (Å²) in [6.07, 6.45) is 0. The molecule has 2 aromatic rings. The fourth-order valence-corrected chi connectivity index (χ4v) is 2.43. The Bertz CT molecular complexity index is 901. The molecule has 28 heavy (non-hydrogen) atoms. The zero-order valence-electron chi connectivity index (χ0n) is 15.8. The topological polar surface area (TPSA) is 127 Å². The van der Waals surface area contributed by atoms with E-state index in [-0.39, 0.29) is 41.6 Å². The zero-order valence-corrected chi connectivity index (χ0v) is 15.8. The maximum absolute atomic E-state index is 12.4. The number of ether oxygens (including phenoxy) is 4. The predicted octanol–water partition coefficient (Wildman–Crippen LogP) is 3.05. The van der Waals surface area contributed by atoms with Gasteiger partial charge in [-0.2, -0.15) is 0 Å². The largest absolute Gasteiger partial charge is 0.493 e. The van der Waals surface area contributed by atoms with Gasteiger partial charge in [0.05, 0.1) is 31.8 Å². The number of carbonyl (C=O) groups is 2. The third-order valence-electron chi connectivity index (χ3n) is 3.72. The normalized spacial score (nSPS) is 10.3. The molecule has 0 fully saturated rings. The second kappa shape index (κ2) is 8.89. The summed E-state index contributed by atoms with van der Waals surface area (Å²) >= 11 is 0. The van der Waals surface area contributed by atoms with Gasteiger partial charge in [0, 0.05) is 6.07 Å². The van der Waals surface area contributed by atoms with E-state index in [0.717, 1.165) is 6.07 Å². The Hall–Kier alpha value is -3.56. The van der Waals surface area contributed by atoms with Crippen molar-refractivity contribution in [2.75, 3.05) is 20.8 Å². The second-order valence-corrected chi connectivity index (χ2v) is 5.46. The first-order valence-corrected chi connectivity index (χ1v) is 8.16. The molecule has 1 aromatic heterocycles. The van der Waals surface area contributed by atoms with Crippen molar-refractivity contribution in [1.29, 1.82) is 0 Å². The SMILES string of the molecule is CCOc1cc([N+](=O)[O-])c(C(=O)OCc2cc(C(=O)OC)c(C)o2)cc1OC. The van der Waals surface area contributed by atoms with E-state index in [1.54, 1.807) is 13.8 Å². The molecule has 0 N–H and O–H groups in total. The highest BCUT2D eigenvalue weighted by molar-refractivity contribution is 5.95. The Balaban J connectivity index is 2.26. The number of nitro groups is 1. The smallest absolute Gasteiger partial charge is 0.345 e. The van der Waals surface area contributed by atoms with Gasteiger partial charge in [0.2, 0.25) is 0 Å². The lowest BCUT2D eigenvalue weighted by Crippen LogP contribution is -2.09. The van der Waals surface area contributed by atoms with Crippen LogP contribution in [0.1, 0.15) is 39.2 Å². The highest BCUT2D eigenvalue weighted by atomic mass is 16.6. The number of benzene rings is 1. The fourth-order valence-electron chi connectivity index (χ4n) is 2.43. The zero-order chi connectivity index (χ0) is 20.8. The number of rotatable bonds is 8. The molecule has 1 aromatic carbocycles. The molecule has 0 radical (unpaired) electrons. The minimum absolute atomic E-state index is 0.137. The average Bonchev–Trinajstić information content (AvgIpc) is 3.05. The number of hydrogen-bond donors (Lipinski definition) is 0. The van der Waals surface area contributed by atoms with E-state index in [1.807, 2.05) is 0 Å². The third-order valence-corrected chi connectivity index (χ3v) is 3.72. The monoisotopic (exact) mass is 393 g/mol. The van der Waals surface area contributed by atoms with Crippen molar-refractivity contribution < 1.29 is 37.9 Å². The van der Waals surface area contributed by atoms with E-state index in [9.17, 15) is 19.7 Å². The summed E-state index contributed by atoms with van der Waals surface area (Å²) in [7, 11) is 2.58. The quantitative estimate of drug-likeness (QED) is 0.377. The lowest BCUT2D eigenvalue weighted by Gasteiger charge is -2.11. The molecule has 10 nitrogen and oxygen atoms in total. The van der Waals surface area contributed by atoms with E-state index in [1.165, 1.54) is 26.4 Å². The van der Waals surface area contributed by atoms with Crippen LogP contribution in [0.2, 0.25) is 0 Å². The van der Waals surface area contributed by atoms with Crippen LogP contribution in [0.4, 0.5) is 5.69 Å². The summed E-state index contributed by atoms with van der Waals surface area (Å²) in [5.41, 5.74) is -0.593. The number of aryl methyl sites for hydroxylation is 1. The summed E-state index contributed by atoms with van der Waals surface area (Å²) in [6, 6.07) is 3.66. The van der Waals surface area contributed by atoms with Crippen LogP contribution in [0.25, 0.3) is 0 Å². The van der Waals surface area contributed by atoms with Gasteiger partial charge in [-0.1, -0.05) is 0 Å². The van der Waals surface area contributed by atoms with Gasteiger partial charge in [0.15, 0.2) is 11.5 Å². The van der Waals surface area contributed by atoms with Crippen LogP contribution in [0, 0.1) is 17.0 Å². The Morgan fingerprint density at radius 3 is 2.39 bits per heavy atom. The highest BCUT2D eigenvalue weighted by Crippen LogP contribution is 2.35. The molecule has 0 unspecified atom stereocenters. The summed E-state index contributed by atoms with van der Waals surface area (Å²) < 4.78 is 25.5. The molecular weight excluding hydrogens is 374 g/mol. The molecule has 0 aliphatic carbocycles. The van der Waals surface area contributed by atoms with Crippen LogP contribution in [0.5, 0.6) is 11.5 Å². The molecular formula is C18H19NO9. The van der Waals surface area contributed by atoms with Crippen LogP contribution in [0.15, 0.2) is 22.6 Å². The average molecular weight is 393 g/mol. The number of furan rings is 1. The molecule has 1 heterocycles. The summed E-state index contributed by atoms with van der Waals surface area (Å²) in [6.45, 7) is 3.20. The van der Waals surface area contributed by atoms with Crippen molar-refractivity contribution in [3.8, 4) is 11.5 Å². The van der Waals surface area contributed by atoms with Crippen LogP contribution in [-0.4, -0.2) is 37.7 Å². The molecule has 0 aliphatic rings. The van der Waals surface area contributed by atoms with E-state index in [0.29, 0.717) is 5.76 Å². The van der Waals surface area contributed by atoms with Crippen molar-refractivity contribution in [1.82, 2.24) is 0 Å². The van der Waals surface area contributed by atoms with Crippen LogP contribution >= 0.6 is 0 Å². The molecule has 0 spiro atoms. The molecule has 0 atom stereocenters. The van der Waals surface area contributed by atoms with Crippen molar-refractivity contribution in [2.45, 2.75) is 20.5 Å². The molecule has 0 bridgehead atoms. The van der Waals surface area contributed by atoms with Crippen LogP contribution in [-0.2, 0) is 16.1 Å². The number of nitro benzene ring substituents is 1. The van der Waals surface area contributed by atoms with Crippen molar-refractivity contribution >= 4 is 17.6 Å². The van der Waals surface area contributed by atoms with E-state index in [2.05, 4.69) is 4.74 Å². The van der Waals surface area contributed by atoms with Gasteiger partial charge in [-0.15, -0.1) is 0 Å². The van der Waals surface area contributed by atoms with Gasteiger partial charge < -0.3 is 23.4 Å². The van der Waals surface area contributed by atoms with Crippen molar-refractivity contribution in [3.05, 3.63) is 51.0 Å². The Morgan fingerprint density at radius 1 is 1.11 bits per heavy atom. The second-order valence-electron chi connectivity index (χ2n) is 5.46. The Morgan fingerprint density at radius 2 is 1.82 bits per heavy atom. The molecule has 0 saturated heterocycles. The molecule has 0 saturated carbocycles. The van der Waals surface area contributed by atoms with Crippen molar-refractivity contribution in [2.24, 2.45) is 0 Å². The Kier molecular flexibility index (Phi) is 6.59. The van der Waals surface area contributed by atoms with E-state index < -0.39 is 22.5 Å². The Labute approximate surface area is 160 Å². The van der Waals surface area contributed by atoms with Crippen LogP contribution in [0.3, 0.4) is 0 Å².